The molecule has 1 saturated carbocycles. The Hall–Kier alpha value is -1.94. The van der Waals surface area contributed by atoms with E-state index in [4.69, 9.17) is 4.98 Å². The van der Waals surface area contributed by atoms with Crippen molar-refractivity contribution in [2.45, 2.75) is 32.4 Å². The van der Waals surface area contributed by atoms with Crippen LogP contribution in [-0.4, -0.2) is 17.6 Å². The summed E-state index contributed by atoms with van der Waals surface area (Å²) in [6, 6.07) is 13.3. The number of anilines is 2. The first-order chi connectivity index (χ1) is 10.3. The summed E-state index contributed by atoms with van der Waals surface area (Å²) in [5.41, 5.74) is 2.00. The van der Waals surface area contributed by atoms with Gasteiger partial charge in [0.15, 0.2) is 0 Å². The van der Waals surface area contributed by atoms with Gasteiger partial charge >= 0.3 is 0 Å². The van der Waals surface area contributed by atoms with Gasteiger partial charge in [-0.15, -0.1) is 0 Å². The van der Waals surface area contributed by atoms with Gasteiger partial charge in [-0.05, 0) is 56.2 Å². The van der Waals surface area contributed by atoms with E-state index in [0.29, 0.717) is 6.04 Å². The monoisotopic (exact) mass is 285 g/mol. The van der Waals surface area contributed by atoms with Crippen LogP contribution < -0.4 is 10.2 Å². The molecule has 2 aromatic rings. The Kier molecular flexibility index (Phi) is 4.15. The van der Waals surface area contributed by atoms with Gasteiger partial charge in [0.2, 0.25) is 0 Å². The van der Waals surface area contributed by atoms with Gasteiger partial charge in [0.25, 0.3) is 0 Å². The number of rotatable bonds is 6. The number of nitrogens with zero attached hydrogens (tertiary/aromatic N) is 2. The molecule has 21 heavy (non-hydrogen) atoms. The number of benzene rings is 1. The number of hydrogen-bond acceptors (Lipinski definition) is 3. The van der Waals surface area contributed by atoms with Gasteiger partial charge in [0.1, 0.15) is 11.6 Å². The van der Waals surface area contributed by atoms with Crippen molar-refractivity contribution >= 4 is 11.5 Å². The van der Waals surface area contributed by atoms with Gasteiger partial charge < -0.3 is 10.2 Å². The molecule has 4 heteroatoms. The van der Waals surface area contributed by atoms with Crippen LogP contribution in [0.15, 0.2) is 42.5 Å². The van der Waals surface area contributed by atoms with Gasteiger partial charge in [-0.3, -0.25) is 0 Å². The lowest BCUT2D eigenvalue weighted by molar-refractivity contribution is 0.627. The molecule has 1 aliphatic rings. The van der Waals surface area contributed by atoms with Crippen LogP contribution in [0.4, 0.5) is 15.9 Å². The molecule has 0 radical (unpaired) electrons. The standard InChI is InChI=1S/C17H20FN3/c1-2-21(16-10-6-13(18)7-11-16)17-5-3-4-15(20-17)12-19-14-8-9-14/h3-7,10-11,14,19H,2,8-9,12H2,1H3. The topological polar surface area (TPSA) is 28.2 Å². The lowest BCUT2D eigenvalue weighted by Crippen LogP contribution is -2.20. The Morgan fingerprint density at radius 2 is 1.95 bits per heavy atom. The Bertz CT molecular complexity index is 593. The van der Waals surface area contributed by atoms with Crippen molar-refractivity contribution in [1.82, 2.24) is 10.3 Å². The molecule has 0 unspecified atom stereocenters. The second kappa shape index (κ2) is 6.22. The van der Waals surface area contributed by atoms with Gasteiger partial charge in [0, 0.05) is 24.8 Å². The summed E-state index contributed by atoms with van der Waals surface area (Å²) in [6.07, 6.45) is 2.55. The maximum atomic E-state index is 13.1. The van der Waals surface area contributed by atoms with Crippen LogP contribution in [0.3, 0.4) is 0 Å². The number of pyridine rings is 1. The van der Waals surface area contributed by atoms with Crippen LogP contribution in [0, 0.1) is 5.82 Å². The zero-order valence-electron chi connectivity index (χ0n) is 12.2. The smallest absolute Gasteiger partial charge is 0.133 e. The SMILES string of the molecule is CCN(c1ccc(F)cc1)c1cccc(CNC2CC2)n1. The van der Waals surface area contributed by atoms with Crippen molar-refractivity contribution in [3.05, 3.63) is 54.0 Å². The van der Waals surface area contributed by atoms with Crippen LogP contribution in [-0.2, 0) is 6.54 Å². The summed E-state index contributed by atoms with van der Waals surface area (Å²) in [6.45, 7) is 3.66. The van der Waals surface area contributed by atoms with Crippen LogP contribution in [0.1, 0.15) is 25.5 Å². The fourth-order valence-corrected chi connectivity index (χ4v) is 2.35. The second-order valence-corrected chi connectivity index (χ2v) is 5.36. The summed E-state index contributed by atoms with van der Waals surface area (Å²) in [5.74, 6) is 0.685. The molecular weight excluding hydrogens is 265 g/mol. The van der Waals surface area contributed by atoms with E-state index in [1.54, 1.807) is 12.1 Å². The number of nitrogens with one attached hydrogen (secondary N) is 1. The molecule has 0 amide bonds. The van der Waals surface area contributed by atoms with Crippen molar-refractivity contribution in [3.8, 4) is 0 Å². The summed E-state index contributed by atoms with van der Waals surface area (Å²) in [4.78, 5) is 6.80. The Morgan fingerprint density at radius 1 is 1.19 bits per heavy atom. The maximum absolute atomic E-state index is 13.1. The molecule has 1 aromatic carbocycles. The van der Waals surface area contributed by atoms with E-state index in [1.165, 1.54) is 25.0 Å². The quantitative estimate of drug-likeness (QED) is 0.878. The highest BCUT2D eigenvalue weighted by Crippen LogP contribution is 2.24. The molecule has 1 heterocycles. The van der Waals surface area contributed by atoms with Crippen molar-refractivity contribution in [2.24, 2.45) is 0 Å². The van der Waals surface area contributed by atoms with Crippen LogP contribution in [0.2, 0.25) is 0 Å². The average Bonchev–Trinajstić information content (AvgIpc) is 3.33. The molecule has 1 aliphatic carbocycles. The van der Waals surface area contributed by atoms with Crippen molar-refractivity contribution < 1.29 is 4.39 Å². The van der Waals surface area contributed by atoms with Crippen LogP contribution >= 0.6 is 0 Å². The predicted molar refractivity (Wildman–Crippen MR) is 83.2 cm³/mol. The molecule has 110 valence electrons. The van der Waals surface area contributed by atoms with Crippen molar-refractivity contribution in [2.75, 3.05) is 11.4 Å². The molecule has 0 spiro atoms. The molecule has 1 N–H and O–H groups in total. The minimum Gasteiger partial charge on any atom is -0.327 e. The van der Waals surface area contributed by atoms with E-state index < -0.39 is 0 Å². The molecule has 0 aliphatic heterocycles. The Labute approximate surface area is 124 Å². The maximum Gasteiger partial charge on any atom is 0.133 e. The van der Waals surface area contributed by atoms with Gasteiger partial charge in [-0.25, -0.2) is 9.37 Å². The summed E-state index contributed by atoms with van der Waals surface area (Å²) in [7, 11) is 0. The summed E-state index contributed by atoms with van der Waals surface area (Å²) < 4.78 is 13.1. The third-order valence-corrected chi connectivity index (χ3v) is 3.67. The van der Waals surface area contributed by atoms with E-state index >= 15 is 0 Å². The fraction of sp³-hybridized carbons (Fsp3) is 0.353. The normalized spacial score (nSPS) is 14.2. The summed E-state index contributed by atoms with van der Waals surface area (Å²) >= 11 is 0. The molecule has 3 nitrogen and oxygen atoms in total. The van der Waals surface area contributed by atoms with E-state index in [9.17, 15) is 4.39 Å². The third kappa shape index (κ3) is 3.58. The molecule has 0 bridgehead atoms. The average molecular weight is 285 g/mol. The number of halogens is 1. The minimum atomic E-state index is -0.217. The first kappa shape index (κ1) is 14.0. The van der Waals surface area contributed by atoms with E-state index in [2.05, 4.69) is 17.1 Å². The fourth-order valence-electron chi connectivity index (χ4n) is 2.35. The minimum absolute atomic E-state index is 0.217. The van der Waals surface area contributed by atoms with Gasteiger partial charge in [0.05, 0.1) is 5.69 Å². The number of aromatic nitrogens is 1. The molecule has 3 rings (SSSR count). The van der Waals surface area contributed by atoms with E-state index in [0.717, 1.165) is 30.3 Å². The zero-order chi connectivity index (χ0) is 14.7. The molecular formula is C17H20FN3. The molecule has 0 saturated heterocycles. The lowest BCUT2D eigenvalue weighted by Gasteiger charge is -2.22. The lowest BCUT2D eigenvalue weighted by atomic mass is 10.2. The Morgan fingerprint density at radius 3 is 2.62 bits per heavy atom. The predicted octanol–water partition coefficient (Wildman–Crippen LogP) is 3.63. The molecule has 1 fully saturated rings. The Balaban J connectivity index is 1.78. The van der Waals surface area contributed by atoms with Crippen molar-refractivity contribution in [1.29, 1.82) is 0 Å². The van der Waals surface area contributed by atoms with E-state index in [-0.39, 0.29) is 5.82 Å². The second-order valence-electron chi connectivity index (χ2n) is 5.36. The van der Waals surface area contributed by atoms with Crippen LogP contribution in [0.5, 0.6) is 0 Å². The van der Waals surface area contributed by atoms with Crippen LogP contribution in [0.25, 0.3) is 0 Å². The molecule has 1 aromatic heterocycles. The third-order valence-electron chi connectivity index (χ3n) is 3.67. The first-order valence-electron chi connectivity index (χ1n) is 7.48. The van der Waals surface area contributed by atoms with Gasteiger partial charge in [-0.2, -0.15) is 0 Å². The first-order valence-corrected chi connectivity index (χ1v) is 7.48. The number of hydrogen-bond donors (Lipinski definition) is 1. The highest BCUT2D eigenvalue weighted by Gasteiger charge is 2.20. The highest BCUT2D eigenvalue weighted by atomic mass is 19.1. The highest BCUT2D eigenvalue weighted by molar-refractivity contribution is 5.59. The van der Waals surface area contributed by atoms with Crippen molar-refractivity contribution in [3.63, 3.8) is 0 Å². The zero-order valence-corrected chi connectivity index (χ0v) is 12.2. The molecule has 0 atom stereocenters. The van der Waals surface area contributed by atoms with Gasteiger partial charge in [-0.1, -0.05) is 6.07 Å². The van der Waals surface area contributed by atoms with E-state index in [1.807, 2.05) is 18.2 Å². The largest absolute Gasteiger partial charge is 0.327 e. The summed E-state index contributed by atoms with van der Waals surface area (Å²) in [5, 5.41) is 3.47.